The lowest BCUT2D eigenvalue weighted by Crippen LogP contribution is -2.28. The first-order valence-electron chi connectivity index (χ1n) is 8.77. The maximum absolute atomic E-state index is 12.5. The summed E-state index contributed by atoms with van der Waals surface area (Å²) in [5, 5.41) is 5.18. The predicted octanol–water partition coefficient (Wildman–Crippen LogP) is 3.77. The molecule has 0 saturated carbocycles. The highest BCUT2D eigenvalue weighted by molar-refractivity contribution is 5.94. The first kappa shape index (κ1) is 22.1. The minimum Gasteiger partial charge on any atom is -0.406 e. The van der Waals surface area contributed by atoms with Gasteiger partial charge in [-0.05, 0) is 37.6 Å². The summed E-state index contributed by atoms with van der Waals surface area (Å²) >= 11 is 0. The topological polar surface area (TPSA) is 93.2 Å². The van der Waals surface area contributed by atoms with Crippen molar-refractivity contribution < 1.29 is 27.5 Å². The van der Waals surface area contributed by atoms with Crippen molar-refractivity contribution in [2.24, 2.45) is 5.92 Å². The van der Waals surface area contributed by atoms with Crippen LogP contribution in [0.2, 0.25) is 0 Å². The fourth-order valence-corrected chi connectivity index (χ4v) is 2.33. The zero-order valence-corrected chi connectivity index (χ0v) is 16.3. The summed E-state index contributed by atoms with van der Waals surface area (Å²) in [5.41, 5.74) is 0.905. The van der Waals surface area contributed by atoms with Crippen LogP contribution < -0.4 is 15.4 Å². The SMILES string of the molecule is Cc1cc(C(=O)NC(C)c2cccc(OC(F)(F)F)c2)nc(NC(=O)C(C)C)n1. The molecular weight excluding hydrogens is 389 g/mol. The molecule has 2 rings (SSSR count). The van der Waals surface area contributed by atoms with Crippen molar-refractivity contribution in [2.45, 2.75) is 40.1 Å². The molecule has 0 fully saturated rings. The van der Waals surface area contributed by atoms with Crippen LogP contribution in [0.15, 0.2) is 30.3 Å². The number of nitrogens with one attached hydrogen (secondary N) is 2. The quantitative estimate of drug-likeness (QED) is 0.756. The molecule has 1 aromatic carbocycles. The van der Waals surface area contributed by atoms with E-state index in [9.17, 15) is 22.8 Å². The number of carbonyl (C=O) groups is 2. The Morgan fingerprint density at radius 3 is 2.41 bits per heavy atom. The lowest BCUT2D eigenvalue weighted by molar-refractivity contribution is -0.274. The van der Waals surface area contributed by atoms with Gasteiger partial charge in [0.25, 0.3) is 5.91 Å². The average molecular weight is 410 g/mol. The lowest BCUT2D eigenvalue weighted by atomic mass is 10.1. The normalized spacial score (nSPS) is 12.4. The van der Waals surface area contributed by atoms with Crippen molar-refractivity contribution in [1.29, 1.82) is 0 Å². The largest absolute Gasteiger partial charge is 0.573 e. The highest BCUT2D eigenvalue weighted by Crippen LogP contribution is 2.25. The molecule has 0 aliphatic rings. The van der Waals surface area contributed by atoms with Crippen LogP contribution in [0.5, 0.6) is 5.75 Å². The van der Waals surface area contributed by atoms with E-state index in [0.29, 0.717) is 11.3 Å². The zero-order valence-electron chi connectivity index (χ0n) is 16.3. The first-order chi connectivity index (χ1) is 13.4. The third-order valence-electron chi connectivity index (χ3n) is 3.79. The van der Waals surface area contributed by atoms with E-state index in [1.54, 1.807) is 33.8 Å². The molecule has 0 aliphatic carbocycles. The van der Waals surface area contributed by atoms with Gasteiger partial charge in [0.05, 0.1) is 6.04 Å². The molecule has 2 amide bonds. The fourth-order valence-electron chi connectivity index (χ4n) is 2.33. The molecule has 0 radical (unpaired) electrons. The van der Waals surface area contributed by atoms with Crippen molar-refractivity contribution in [1.82, 2.24) is 15.3 Å². The molecule has 2 aromatic rings. The van der Waals surface area contributed by atoms with Gasteiger partial charge in [0.1, 0.15) is 11.4 Å². The van der Waals surface area contributed by atoms with Gasteiger partial charge < -0.3 is 10.1 Å². The molecule has 1 aromatic heterocycles. The second-order valence-corrected chi connectivity index (χ2v) is 6.68. The maximum Gasteiger partial charge on any atom is 0.573 e. The molecule has 0 saturated heterocycles. The Labute approximate surface area is 165 Å². The van der Waals surface area contributed by atoms with E-state index in [2.05, 4.69) is 25.3 Å². The summed E-state index contributed by atoms with van der Waals surface area (Å²) in [5.74, 6) is -1.53. The first-order valence-corrected chi connectivity index (χ1v) is 8.77. The third kappa shape index (κ3) is 6.74. The smallest absolute Gasteiger partial charge is 0.406 e. The molecule has 0 aliphatic heterocycles. The van der Waals surface area contributed by atoms with Crippen LogP contribution in [0.4, 0.5) is 19.1 Å². The van der Waals surface area contributed by atoms with Gasteiger partial charge in [-0.15, -0.1) is 13.2 Å². The van der Waals surface area contributed by atoms with E-state index in [1.807, 2.05) is 0 Å². The molecule has 0 spiro atoms. The van der Waals surface area contributed by atoms with Gasteiger partial charge in [-0.25, -0.2) is 9.97 Å². The van der Waals surface area contributed by atoms with Gasteiger partial charge in [0.2, 0.25) is 11.9 Å². The van der Waals surface area contributed by atoms with Gasteiger partial charge >= 0.3 is 6.36 Å². The maximum atomic E-state index is 12.5. The highest BCUT2D eigenvalue weighted by atomic mass is 19.4. The Hall–Kier alpha value is -3.17. The van der Waals surface area contributed by atoms with Crippen LogP contribution in [-0.4, -0.2) is 28.1 Å². The Balaban J connectivity index is 2.14. The minimum atomic E-state index is -4.81. The lowest BCUT2D eigenvalue weighted by Gasteiger charge is -2.16. The number of halogens is 3. The summed E-state index contributed by atoms with van der Waals surface area (Å²) in [7, 11) is 0. The number of aryl methyl sites for hydroxylation is 1. The third-order valence-corrected chi connectivity index (χ3v) is 3.79. The number of nitrogens with zero attached hydrogens (tertiary/aromatic N) is 2. The van der Waals surface area contributed by atoms with Crippen molar-refractivity contribution in [3.8, 4) is 5.75 Å². The number of carbonyl (C=O) groups excluding carboxylic acids is 2. The van der Waals surface area contributed by atoms with Gasteiger partial charge in [0.15, 0.2) is 0 Å². The number of anilines is 1. The standard InChI is InChI=1S/C19H21F3N4O3/c1-10(2)16(27)26-18-23-11(3)8-15(25-18)17(28)24-12(4)13-6-5-7-14(9-13)29-19(20,21)22/h5-10,12H,1-4H3,(H,24,28)(H,23,25,26,27). The van der Waals surface area contributed by atoms with Crippen molar-refractivity contribution in [3.05, 3.63) is 47.3 Å². The second kappa shape index (κ2) is 8.89. The van der Waals surface area contributed by atoms with Crippen LogP contribution in [0.25, 0.3) is 0 Å². The van der Waals surface area contributed by atoms with Crippen LogP contribution >= 0.6 is 0 Å². The zero-order chi connectivity index (χ0) is 21.8. The van der Waals surface area contributed by atoms with E-state index in [0.717, 1.165) is 0 Å². The fraction of sp³-hybridized carbons (Fsp3) is 0.368. The summed E-state index contributed by atoms with van der Waals surface area (Å²) in [6.07, 6.45) is -4.81. The summed E-state index contributed by atoms with van der Waals surface area (Å²) < 4.78 is 41.1. The van der Waals surface area contributed by atoms with Gasteiger partial charge in [0, 0.05) is 11.6 Å². The summed E-state index contributed by atoms with van der Waals surface area (Å²) in [6.45, 7) is 6.67. The number of hydrogen-bond acceptors (Lipinski definition) is 5. The number of aromatic nitrogens is 2. The summed E-state index contributed by atoms with van der Waals surface area (Å²) in [6, 6.07) is 6.14. The van der Waals surface area contributed by atoms with Crippen molar-refractivity contribution >= 4 is 17.8 Å². The second-order valence-electron chi connectivity index (χ2n) is 6.68. The van der Waals surface area contributed by atoms with E-state index in [-0.39, 0.29) is 29.2 Å². The Morgan fingerprint density at radius 1 is 1.10 bits per heavy atom. The molecule has 0 bridgehead atoms. The molecule has 10 heteroatoms. The summed E-state index contributed by atoms with van der Waals surface area (Å²) in [4.78, 5) is 32.5. The average Bonchev–Trinajstić information content (AvgIpc) is 2.59. The van der Waals surface area contributed by atoms with Crippen molar-refractivity contribution in [2.75, 3.05) is 5.32 Å². The number of ether oxygens (including phenoxy) is 1. The number of amides is 2. The molecule has 1 heterocycles. The highest BCUT2D eigenvalue weighted by Gasteiger charge is 2.31. The number of hydrogen-bond donors (Lipinski definition) is 2. The van der Waals surface area contributed by atoms with E-state index in [1.165, 1.54) is 24.3 Å². The molecule has 7 nitrogen and oxygen atoms in total. The van der Waals surface area contributed by atoms with Crippen LogP contribution in [0.1, 0.15) is 48.6 Å². The van der Waals surface area contributed by atoms with E-state index < -0.39 is 18.3 Å². The Kier molecular flexibility index (Phi) is 6.78. The molecule has 2 N–H and O–H groups in total. The molecular formula is C19H21F3N4O3. The Bertz CT molecular complexity index is 901. The molecule has 29 heavy (non-hydrogen) atoms. The minimum absolute atomic E-state index is 0.00192. The number of rotatable bonds is 6. The van der Waals surface area contributed by atoms with Crippen LogP contribution in [0.3, 0.4) is 0 Å². The monoisotopic (exact) mass is 410 g/mol. The van der Waals surface area contributed by atoms with Gasteiger partial charge in [-0.3, -0.25) is 14.9 Å². The van der Waals surface area contributed by atoms with E-state index in [4.69, 9.17) is 0 Å². The van der Waals surface area contributed by atoms with Crippen molar-refractivity contribution in [3.63, 3.8) is 0 Å². The Morgan fingerprint density at radius 2 is 1.79 bits per heavy atom. The molecule has 1 unspecified atom stereocenters. The molecule has 1 atom stereocenters. The predicted molar refractivity (Wildman–Crippen MR) is 99.2 cm³/mol. The van der Waals surface area contributed by atoms with Crippen LogP contribution in [0, 0.1) is 12.8 Å². The number of alkyl halides is 3. The van der Waals surface area contributed by atoms with Gasteiger partial charge in [-0.2, -0.15) is 0 Å². The molecule has 156 valence electrons. The number of benzene rings is 1. The van der Waals surface area contributed by atoms with E-state index >= 15 is 0 Å². The van der Waals surface area contributed by atoms with Gasteiger partial charge in [-0.1, -0.05) is 26.0 Å². The van der Waals surface area contributed by atoms with Crippen LogP contribution in [-0.2, 0) is 4.79 Å².